The van der Waals surface area contributed by atoms with Crippen molar-refractivity contribution < 1.29 is 0 Å². The average molecular weight is 361 g/mol. The molecule has 0 N–H and O–H groups in total. The van der Waals surface area contributed by atoms with Crippen LogP contribution in [0.5, 0.6) is 0 Å². The summed E-state index contributed by atoms with van der Waals surface area (Å²) in [5.74, 6) is 0.683. The van der Waals surface area contributed by atoms with Gasteiger partial charge < -0.3 is 0 Å². The molecule has 5 aromatic rings. The zero-order chi connectivity index (χ0) is 18.9. The molecule has 0 unspecified atom stereocenters. The first kappa shape index (κ1) is 16.5. The predicted octanol–water partition coefficient (Wildman–Crippen LogP) is 6.06. The predicted molar refractivity (Wildman–Crippen MR) is 114 cm³/mol. The quantitative estimate of drug-likeness (QED) is 0.391. The molecule has 28 heavy (non-hydrogen) atoms. The van der Waals surface area contributed by atoms with E-state index in [4.69, 9.17) is 0 Å². The highest BCUT2D eigenvalue weighted by Gasteiger charge is 2.22. The third kappa shape index (κ3) is 2.60. The molecule has 134 valence electrons. The van der Waals surface area contributed by atoms with Crippen molar-refractivity contribution in [3.8, 4) is 28.3 Å². The van der Waals surface area contributed by atoms with E-state index in [1.165, 1.54) is 22.1 Å². The lowest BCUT2D eigenvalue weighted by Gasteiger charge is -2.12. The maximum atomic E-state index is 4.59. The Bertz CT molecular complexity index is 1240. The van der Waals surface area contributed by atoms with Crippen LogP contribution in [0, 0.1) is 6.92 Å². The largest absolute Gasteiger partial charge is 0.277 e. The van der Waals surface area contributed by atoms with E-state index in [0.29, 0.717) is 5.95 Å². The van der Waals surface area contributed by atoms with Gasteiger partial charge in [-0.15, -0.1) is 0 Å². The van der Waals surface area contributed by atoms with Gasteiger partial charge in [0.2, 0.25) is 5.95 Å². The Labute approximate surface area is 164 Å². The van der Waals surface area contributed by atoms with Gasteiger partial charge in [0, 0.05) is 23.3 Å². The lowest BCUT2D eigenvalue weighted by atomic mass is 9.98. The van der Waals surface area contributed by atoms with Gasteiger partial charge in [-0.3, -0.25) is 4.57 Å². The van der Waals surface area contributed by atoms with Gasteiger partial charge in [-0.1, -0.05) is 78.9 Å². The molecule has 0 saturated carbocycles. The molecule has 0 atom stereocenters. The molecule has 0 radical (unpaired) electrons. The van der Waals surface area contributed by atoms with Crippen LogP contribution in [0.3, 0.4) is 0 Å². The Kier molecular flexibility index (Phi) is 3.99. The number of benzene rings is 3. The number of para-hydroxylation sites is 1. The second-order valence-corrected chi connectivity index (χ2v) is 6.81. The third-order valence-corrected chi connectivity index (χ3v) is 5.05. The lowest BCUT2D eigenvalue weighted by molar-refractivity contribution is 0.965. The number of aryl methyl sites for hydroxylation is 1. The number of rotatable bonds is 3. The van der Waals surface area contributed by atoms with Crippen molar-refractivity contribution in [3.63, 3.8) is 0 Å². The van der Waals surface area contributed by atoms with Gasteiger partial charge in [0.25, 0.3) is 0 Å². The molecule has 0 spiro atoms. The molecule has 2 heterocycles. The number of aromatic nitrogens is 3. The summed E-state index contributed by atoms with van der Waals surface area (Å²) in [4.78, 5) is 9.17. The smallest absolute Gasteiger partial charge is 0.234 e. The fraction of sp³-hybridized carbons (Fsp3) is 0.0400. The van der Waals surface area contributed by atoms with Crippen LogP contribution >= 0.6 is 0 Å². The van der Waals surface area contributed by atoms with E-state index in [-0.39, 0.29) is 0 Å². The molecule has 5 rings (SSSR count). The van der Waals surface area contributed by atoms with Crippen molar-refractivity contribution in [3.05, 3.63) is 103 Å². The van der Waals surface area contributed by atoms with Gasteiger partial charge in [-0.25, -0.2) is 9.97 Å². The van der Waals surface area contributed by atoms with E-state index >= 15 is 0 Å². The summed E-state index contributed by atoms with van der Waals surface area (Å²) < 4.78 is 2.20. The molecule has 0 aliphatic rings. The normalized spacial score (nSPS) is 11.0. The van der Waals surface area contributed by atoms with Gasteiger partial charge >= 0.3 is 0 Å². The summed E-state index contributed by atoms with van der Waals surface area (Å²) in [6.45, 7) is 2.14. The van der Waals surface area contributed by atoms with Crippen molar-refractivity contribution in [1.29, 1.82) is 0 Å². The first-order chi connectivity index (χ1) is 13.8. The standard InChI is InChI=1S/C25H19N3/c1-18-10-8-15-21-22(19-11-4-2-5-12-19)24(20-13-6-3-7-14-20)28(23(18)21)25-26-16-9-17-27-25/h2-17H,1H3. The minimum Gasteiger partial charge on any atom is -0.277 e. The van der Waals surface area contributed by atoms with Crippen LogP contribution in [0.15, 0.2) is 97.3 Å². The molecule has 3 nitrogen and oxygen atoms in total. The molecule has 0 aliphatic carbocycles. The van der Waals surface area contributed by atoms with Gasteiger partial charge in [0.1, 0.15) is 0 Å². The van der Waals surface area contributed by atoms with E-state index < -0.39 is 0 Å². The third-order valence-electron chi connectivity index (χ3n) is 5.05. The molecule has 3 heteroatoms. The van der Waals surface area contributed by atoms with E-state index in [2.05, 4.69) is 94.3 Å². The van der Waals surface area contributed by atoms with E-state index in [9.17, 15) is 0 Å². The highest BCUT2D eigenvalue weighted by atomic mass is 15.2. The minimum atomic E-state index is 0.683. The van der Waals surface area contributed by atoms with E-state index in [1.54, 1.807) is 12.4 Å². The first-order valence-corrected chi connectivity index (χ1v) is 9.37. The second-order valence-electron chi connectivity index (χ2n) is 6.81. The number of fused-ring (bicyclic) bond motifs is 1. The van der Waals surface area contributed by atoms with Crippen LogP contribution in [0.25, 0.3) is 39.2 Å². The lowest BCUT2D eigenvalue weighted by Crippen LogP contribution is -2.03. The maximum absolute atomic E-state index is 4.59. The van der Waals surface area contributed by atoms with Gasteiger partial charge in [-0.05, 0) is 29.7 Å². The van der Waals surface area contributed by atoms with Gasteiger partial charge in [0.05, 0.1) is 11.2 Å². The fourth-order valence-electron chi connectivity index (χ4n) is 3.88. The van der Waals surface area contributed by atoms with Crippen LogP contribution in [-0.2, 0) is 0 Å². The Balaban J connectivity index is 2.00. The Hall–Kier alpha value is -3.72. The first-order valence-electron chi connectivity index (χ1n) is 9.37. The van der Waals surface area contributed by atoms with Crippen molar-refractivity contribution >= 4 is 10.9 Å². The van der Waals surface area contributed by atoms with Crippen molar-refractivity contribution in [2.24, 2.45) is 0 Å². The Morgan fingerprint density at radius 3 is 1.96 bits per heavy atom. The molecular weight excluding hydrogens is 342 g/mol. The number of hydrogen-bond acceptors (Lipinski definition) is 2. The Morgan fingerprint density at radius 2 is 1.29 bits per heavy atom. The summed E-state index contributed by atoms with van der Waals surface area (Å²) in [5, 5.41) is 1.21. The zero-order valence-electron chi connectivity index (χ0n) is 15.6. The van der Waals surface area contributed by atoms with Crippen molar-refractivity contribution in [1.82, 2.24) is 14.5 Å². The zero-order valence-corrected chi connectivity index (χ0v) is 15.6. The fourth-order valence-corrected chi connectivity index (χ4v) is 3.88. The molecule has 0 fully saturated rings. The molecule has 0 amide bonds. The molecule has 0 aliphatic heterocycles. The van der Waals surface area contributed by atoms with Crippen LogP contribution in [0.2, 0.25) is 0 Å². The molecule has 2 aromatic heterocycles. The monoisotopic (exact) mass is 361 g/mol. The Morgan fingerprint density at radius 1 is 0.643 bits per heavy atom. The number of nitrogens with zero attached hydrogens (tertiary/aromatic N) is 3. The summed E-state index contributed by atoms with van der Waals surface area (Å²) in [7, 11) is 0. The van der Waals surface area contributed by atoms with Crippen LogP contribution < -0.4 is 0 Å². The molecule has 0 bridgehead atoms. The molecular formula is C25H19N3. The van der Waals surface area contributed by atoms with Gasteiger partial charge in [-0.2, -0.15) is 0 Å². The van der Waals surface area contributed by atoms with Gasteiger partial charge in [0.15, 0.2) is 0 Å². The average Bonchev–Trinajstić information content (AvgIpc) is 3.12. The van der Waals surface area contributed by atoms with Crippen molar-refractivity contribution in [2.75, 3.05) is 0 Å². The highest BCUT2D eigenvalue weighted by Crippen LogP contribution is 2.42. The summed E-state index contributed by atoms with van der Waals surface area (Å²) in [6.07, 6.45) is 3.59. The second kappa shape index (κ2) is 6.78. The van der Waals surface area contributed by atoms with E-state index in [1.807, 2.05) is 12.1 Å². The molecule has 0 saturated heterocycles. The minimum absolute atomic E-state index is 0.683. The SMILES string of the molecule is Cc1cccc2c(-c3ccccc3)c(-c3ccccc3)n(-c3ncccn3)c12. The van der Waals surface area contributed by atoms with Crippen LogP contribution in [0.4, 0.5) is 0 Å². The van der Waals surface area contributed by atoms with Crippen LogP contribution in [-0.4, -0.2) is 14.5 Å². The topological polar surface area (TPSA) is 30.7 Å². The molecule has 3 aromatic carbocycles. The summed E-state index contributed by atoms with van der Waals surface area (Å²) in [5.41, 5.74) is 6.99. The van der Waals surface area contributed by atoms with Crippen molar-refractivity contribution in [2.45, 2.75) is 6.92 Å². The summed E-state index contributed by atoms with van der Waals surface area (Å²) >= 11 is 0. The number of hydrogen-bond donors (Lipinski definition) is 0. The maximum Gasteiger partial charge on any atom is 0.234 e. The van der Waals surface area contributed by atoms with E-state index in [0.717, 1.165) is 16.8 Å². The summed E-state index contributed by atoms with van der Waals surface area (Å²) in [6, 6.07) is 29.4. The van der Waals surface area contributed by atoms with Crippen LogP contribution in [0.1, 0.15) is 5.56 Å². The highest BCUT2D eigenvalue weighted by molar-refractivity contribution is 6.06.